The molecule has 1 amide bonds. The fourth-order valence-corrected chi connectivity index (χ4v) is 4.16. The monoisotopic (exact) mass is 542 g/mol. The summed E-state index contributed by atoms with van der Waals surface area (Å²) in [5.41, 5.74) is 5.29. The molecule has 3 rings (SSSR count). The van der Waals surface area contributed by atoms with E-state index in [1.165, 1.54) is 0 Å². The molecule has 2 fully saturated rings. The first-order chi connectivity index (χ1) is 18.3. The first kappa shape index (κ1) is 29.6. The molecule has 0 spiro atoms. The molecular weight excluding hydrogens is 505 g/mol. The minimum atomic E-state index is -4.72. The molecule has 11 nitrogen and oxygen atoms in total. The van der Waals surface area contributed by atoms with Crippen LogP contribution < -0.4 is 11.1 Å². The molecule has 14 heteroatoms. The smallest absolute Gasteiger partial charge is 0.390 e. The summed E-state index contributed by atoms with van der Waals surface area (Å²) in [7, 11) is 0. The van der Waals surface area contributed by atoms with Gasteiger partial charge in [0.1, 0.15) is 12.2 Å². The Morgan fingerprint density at radius 1 is 1.16 bits per heavy atom. The van der Waals surface area contributed by atoms with Crippen molar-refractivity contribution in [1.82, 2.24) is 19.6 Å². The molecule has 3 N–H and O–H groups in total. The average Bonchev–Trinajstić information content (AvgIpc) is 3.09. The van der Waals surface area contributed by atoms with Crippen molar-refractivity contribution in [2.45, 2.75) is 38.9 Å². The number of hydrogen-bond donors (Lipinski definition) is 2. The Bertz CT molecular complexity index is 987. The maximum Gasteiger partial charge on any atom is 0.421 e. The van der Waals surface area contributed by atoms with Crippen molar-refractivity contribution < 1.29 is 27.4 Å². The van der Waals surface area contributed by atoms with E-state index in [0.717, 1.165) is 51.8 Å². The van der Waals surface area contributed by atoms with Gasteiger partial charge < -0.3 is 25.4 Å². The second-order valence-electron chi connectivity index (χ2n) is 9.02. The predicted octanol–water partition coefficient (Wildman–Crippen LogP) is 1.80. The molecule has 2 aliphatic heterocycles. The summed E-state index contributed by atoms with van der Waals surface area (Å²) in [5, 5.41) is 7.13. The van der Waals surface area contributed by atoms with Crippen LogP contribution in [0.25, 0.3) is 0 Å². The number of nitrogens with one attached hydrogen (secondary N) is 1. The summed E-state index contributed by atoms with van der Waals surface area (Å²) in [5.74, 6) is -0.669. The number of aromatic nitrogens is 2. The van der Waals surface area contributed by atoms with Crippen molar-refractivity contribution in [3.8, 4) is 0 Å². The zero-order valence-electron chi connectivity index (χ0n) is 21.8. The molecule has 0 bridgehead atoms. The minimum absolute atomic E-state index is 0.0164. The number of aliphatic imine (C=N–C) groups is 2. The Morgan fingerprint density at radius 3 is 2.68 bits per heavy atom. The van der Waals surface area contributed by atoms with Gasteiger partial charge in [-0.25, -0.2) is 4.99 Å². The van der Waals surface area contributed by atoms with Crippen molar-refractivity contribution in [3.05, 3.63) is 23.7 Å². The fourth-order valence-electron chi connectivity index (χ4n) is 4.16. The molecule has 0 aliphatic carbocycles. The summed E-state index contributed by atoms with van der Waals surface area (Å²) in [6, 6.07) is 0. The summed E-state index contributed by atoms with van der Waals surface area (Å²) in [6.07, 6.45) is 0.540. The van der Waals surface area contributed by atoms with Crippen LogP contribution in [0, 0.1) is 6.92 Å². The van der Waals surface area contributed by atoms with Crippen molar-refractivity contribution in [2.24, 2.45) is 15.7 Å². The zero-order valence-corrected chi connectivity index (χ0v) is 21.8. The predicted molar refractivity (Wildman–Crippen MR) is 138 cm³/mol. The van der Waals surface area contributed by atoms with Crippen LogP contribution in [0.3, 0.4) is 0 Å². The van der Waals surface area contributed by atoms with Crippen LogP contribution >= 0.6 is 0 Å². The quantitative estimate of drug-likeness (QED) is 0.248. The third-order valence-corrected chi connectivity index (χ3v) is 6.17. The van der Waals surface area contributed by atoms with Gasteiger partial charge in [0.15, 0.2) is 5.84 Å². The molecule has 0 aromatic carbocycles. The molecule has 1 aromatic heterocycles. The Kier molecular flexibility index (Phi) is 11.5. The van der Waals surface area contributed by atoms with Crippen molar-refractivity contribution in [3.63, 3.8) is 0 Å². The Labute approximate surface area is 220 Å². The molecule has 0 radical (unpaired) electrons. The number of carbonyl (C=O) groups excluding carboxylic acids is 1. The highest BCUT2D eigenvalue weighted by Gasteiger charge is 2.37. The fraction of sp³-hybridized carbons (Fsp3) is 0.667. The topological polar surface area (TPSA) is 123 Å². The van der Waals surface area contributed by atoms with Crippen LogP contribution in [-0.4, -0.2) is 110 Å². The van der Waals surface area contributed by atoms with E-state index in [-0.39, 0.29) is 19.1 Å². The maximum absolute atomic E-state index is 13.9. The third-order valence-electron chi connectivity index (χ3n) is 6.17. The lowest BCUT2D eigenvalue weighted by Crippen LogP contribution is -2.37. The van der Waals surface area contributed by atoms with Crippen molar-refractivity contribution in [1.29, 1.82) is 0 Å². The number of amides is 1. The van der Waals surface area contributed by atoms with Gasteiger partial charge in [-0.05, 0) is 26.2 Å². The molecule has 3 heterocycles. The number of nitrogens with two attached hydrogens (primary N) is 1. The largest absolute Gasteiger partial charge is 0.421 e. The number of ether oxygens (including phenoxy) is 2. The molecule has 38 heavy (non-hydrogen) atoms. The van der Waals surface area contributed by atoms with E-state index in [0.29, 0.717) is 50.5 Å². The lowest BCUT2D eigenvalue weighted by atomic mass is 10.2. The van der Waals surface area contributed by atoms with E-state index in [2.05, 4.69) is 25.3 Å². The number of halogens is 3. The number of alkyl halides is 3. The van der Waals surface area contributed by atoms with Gasteiger partial charge in [0.2, 0.25) is 5.91 Å². The van der Waals surface area contributed by atoms with Crippen molar-refractivity contribution >= 4 is 23.8 Å². The van der Waals surface area contributed by atoms with Crippen LogP contribution in [-0.2, 0) is 20.8 Å². The second kappa shape index (κ2) is 14.8. The highest BCUT2D eigenvalue weighted by Crippen LogP contribution is 2.28. The number of carbonyl (C=O) groups is 1. The van der Waals surface area contributed by atoms with Crippen LogP contribution in [0.4, 0.5) is 18.9 Å². The summed E-state index contributed by atoms with van der Waals surface area (Å²) in [4.78, 5) is 23.7. The zero-order chi connectivity index (χ0) is 27.4. The van der Waals surface area contributed by atoms with Crippen LogP contribution in [0.1, 0.15) is 25.0 Å². The number of amidine groups is 1. The summed E-state index contributed by atoms with van der Waals surface area (Å²) < 4.78 is 54.1. The van der Waals surface area contributed by atoms with E-state index in [1.54, 1.807) is 22.7 Å². The minimum Gasteiger partial charge on any atom is -0.390 e. The molecule has 0 saturated carbocycles. The molecule has 2 aliphatic rings. The van der Waals surface area contributed by atoms with E-state index >= 15 is 0 Å². The maximum atomic E-state index is 13.9. The molecule has 2 saturated heterocycles. The van der Waals surface area contributed by atoms with Crippen LogP contribution in [0.15, 0.2) is 28.0 Å². The van der Waals surface area contributed by atoms with Gasteiger partial charge in [-0.2, -0.15) is 18.3 Å². The van der Waals surface area contributed by atoms with Gasteiger partial charge in [0, 0.05) is 64.8 Å². The molecule has 212 valence electrons. The van der Waals surface area contributed by atoms with E-state index in [1.807, 2.05) is 0 Å². The first-order valence-electron chi connectivity index (χ1n) is 12.8. The molecule has 0 unspecified atom stereocenters. The first-order valence-corrected chi connectivity index (χ1v) is 12.8. The number of anilines is 1. The van der Waals surface area contributed by atoms with Gasteiger partial charge in [-0.1, -0.05) is 0 Å². The van der Waals surface area contributed by atoms with E-state index < -0.39 is 17.6 Å². The number of rotatable bonds is 11. The van der Waals surface area contributed by atoms with Crippen LogP contribution in [0.5, 0.6) is 0 Å². The molecular formula is C24H37F3N8O3. The SMILES string of the molecule is Cc1nn(CCCN2CCOCC2)cc1NC=C(C(N=CN)=NCCCN1CCCOCC1=O)C(F)(F)F. The third kappa shape index (κ3) is 9.40. The van der Waals surface area contributed by atoms with E-state index in [4.69, 9.17) is 15.2 Å². The lowest BCUT2D eigenvalue weighted by Gasteiger charge is -2.26. The van der Waals surface area contributed by atoms with Gasteiger partial charge in [-0.3, -0.25) is 19.4 Å². The second-order valence-corrected chi connectivity index (χ2v) is 9.02. The number of nitrogens with zero attached hydrogens (tertiary/aromatic N) is 6. The summed E-state index contributed by atoms with van der Waals surface area (Å²) >= 11 is 0. The molecule has 1 aromatic rings. The highest BCUT2D eigenvalue weighted by atomic mass is 19.4. The Morgan fingerprint density at radius 2 is 1.95 bits per heavy atom. The van der Waals surface area contributed by atoms with Crippen LogP contribution in [0.2, 0.25) is 0 Å². The van der Waals surface area contributed by atoms with Gasteiger partial charge in [-0.15, -0.1) is 0 Å². The Balaban J connectivity index is 1.61. The number of hydrogen-bond acceptors (Lipinski definition) is 7. The number of morpholine rings is 1. The average molecular weight is 543 g/mol. The summed E-state index contributed by atoms with van der Waals surface area (Å²) in [6.45, 7) is 8.03. The van der Waals surface area contributed by atoms with Gasteiger partial charge in [0.05, 0.1) is 30.9 Å². The van der Waals surface area contributed by atoms with Gasteiger partial charge >= 0.3 is 6.18 Å². The van der Waals surface area contributed by atoms with Gasteiger partial charge in [0.25, 0.3) is 0 Å². The number of aryl methyl sites for hydroxylation is 2. The van der Waals surface area contributed by atoms with Crippen molar-refractivity contribution in [2.75, 3.05) is 71.0 Å². The standard InChI is InChI=1S/C24H37F3N8O3/c1-19-21(16-35(32-19)9-3-6-33-10-13-37-14-11-33)30-15-20(24(25,26)27)23(31-18-28)29-5-2-7-34-8-4-12-38-17-22(34)36/h15-16,18,30H,2-14,17H2,1H3,(H2,28,29,31). The highest BCUT2D eigenvalue weighted by molar-refractivity contribution is 6.03. The lowest BCUT2D eigenvalue weighted by molar-refractivity contribution is -0.133. The Hall–Kier alpha value is -2.97. The molecule has 0 atom stereocenters. The normalized spacial score (nSPS) is 18.8. The van der Waals surface area contributed by atoms with E-state index in [9.17, 15) is 18.0 Å².